The molecular formula is C23H30ClN3O2S. The van der Waals surface area contributed by atoms with Crippen molar-refractivity contribution in [2.24, 2.45) is 11.7 Å². The van der Waals surface area contributed by atoms with Crippen LogP contribution in [0.3, 0.4) is 0 Å². The summed E-state index contributed by atoms with van der Waals surface area (Å²) >= 11 is 1.56. The van der Waals surface area contributed by atoms with E-state index in [4.69, 9.17) is 10.5 Å². The Bertz CT molecular complexity index is 1040. The van der Waals surface area contributed by atoms with Crippen molar-refractivity contribution in [1.29, 1.82) is 0 Å². The molecule has 0 aliphatic rings. The predicted octanol–water partition coefficient (Wildman–Crippen LogP) is 5.34. The molecule has 0 amide bonds. The minimum absolute atomic E-state index is 0. The second-order valence-corrected chi connectivity index (χ2v) is 8.26. The number of hydrogen-bond donors (Lipinski definition) is 1. The molecule has 5 nitrogen and oxygen atoms in total. The molecule has 0 spiro atoms. The number of fused-ring (bicyclic) bond motifs is 1. The summed E-state index contributed by atoms with van der Waals surface area (Å²) in [6, 6.07) is 5.87. The van der Waals surface area contributed by atoms with Crippen molar-refractivity contribution < 1.29 is 4.74 Å². The third-order valence-corrected chi connectivity index (χ3v) is 5.34. The number of aromatic nitrogens is 2. The van der Waals surface area contributed by atoms with Crippen LogP contribution in [0.1, 0.15) is 50.6 Å². The van der Waals surface area contributed by atoms with E-state index >= 15 is 0 Å². The number of rotatable bonds is 9. The van der Waals surface area contributed by atoms with Gasteiger partial charge in [0, 0.05) is 23.9 Å². The molecule has 0 radical (unpaired) electrons. The molecular weight excluding hydrogens is 418 g/mol. The van der Waals surface area contributed by atoms with E-state index in [1.54, 1.807) is 15.9 Å². The van der Waals surface area contributed by atoms with E-state index in [-0.39, 0.29) is 24.5 Å². The standard InChI is InChI=1S/C23H29N3O2S.ClH/c1-4-5-10-28-22-20-11-17(6-8-18-14-29-15-25-18)7-9-19(20)23(27)26(13-16(2)3)21(22)12-24;/h6-9,11,14-16H,4-5,10,12-13,24H2,1-3H3;1H. The molecule has 1 aromatic carbocycles. The topological polar surface area (TPSA) is 70.1 Å². The van der Waals surface area contributed by atoms with E-state index in [1.807, 2.05) is 41.2 Å². The van der Waals surface area contributed by atoms with E-state index in [0.717, 1.165) is 40.9 Å². The smallest absolute Gasteiger partial charge is 0.258 e. The molecule has 30 heavy (non-hydrogen) atoms. The number of nitrogens with zero attached hydrogens (tertiary/aromatic N) is 2. The quantitative estimate of drug-likeness (QED) is 0.449. The van der Waals surface area contributed by atoms with Gasteiger partial charge in [-0.3, -0.25) is 4.79 Å². The van der Waals surface area contributed by atoms with E-state index in [0.29, 0.717) is 24.5 Å². The van der Waals surface area contributed by atoms with E-state index < -0.39 is 0 Å². The van der Waals surface area contributed by atoms with Gasteiger partial charge in [-0.15, -0.1) is 23.7 Å². The van der Waals surface area contributed by atoms with Crippen molar-refractivity contribution in [2.75, 3.05) is 6.61 Å². The van der Waals surface area contributed by atoms with Crippen molar-refractivity contribution in [3.63, 3.8) is 0 Å². The van der Waals surface area contributed by atoms with E-state index in [9.17, 15) is 4.79 Å². The van der Waals surface area contributed by atoms with Crippen molar-refractivity contribution in [1.82, 2.24) is 9.55 Å². The van der Waals surface area contributed by atoms with Crippen LogP contribution in [0.2, 0.25) is 0 Å². The summed E-state index contributed by atoms with van der Waals surface area (Å²) in [6.07, 6.45) is 5.98. The molecule has 0 aliphatic carbocycles. The molecule has 0 fully saturated rings. The maximum Gasteiger partial charge on any atom is 0.258 e. The largest absolute Gasteiger partial charge is 0.491 e. The Hall–Kier alpha value is -2.15. The normalized spacial score (nSPS) is 11.4. The van der Waals surface area contributed by atoms with Gasteiger partial charge in [-0.25, -0.2) is 4.98 Å². The van der Waals surface area contributed by atoms with Crippen LogP contribution in [0.25, 0.3) is 22.9 Å². The molecule has 2 N–H and O–H groups in total. The fourth-order valence-electron chi connectivity index (χ4n) is 3.31. The molecule has 3 rings (SSSR count). The average Bonchev–Trinajstić information content (AvgIpc) is 3.23. The Morgan fingerprint density at radius 2 is 2.07 bits per heavy atom. The molecule has 2 aromatic heterocycles. The Labute approximate surface area is 188 Å². The lowest BCUT2D eigenvalue weighted by Crippen LogP contribution is -2.28. The minimum Gasteiger partial charge on any atom is -0.491 e. The van der Waals surface area contributed by atoms with Gasteiger partial charge in [-0.2, -0.15) is 0 Å². The lowest BCUT2D eigenvalue weighted by molar-refractivity contribution is 0.304. The maximum absolute atomic E-state index is 13.2. The highest BCUT2D eigenvalue weighted by molar-refractivity contribution is 7.07. The average molecular weight is 448 g/mol. The summed E-state index contributed by atoms with van der Waals surface area (Å²) in [5.74, 6) is 1.07. The van der Waals surface area contributed by atoms with Crippen LogP contribution < -0.4 is 16.0 Å². The third kappa shape index (κ3) is 5.50. The zero-order valence-corrected chi connectivity index (χ0v) is 19.4. The first-order chi connectivity index (χ1) is 14.0. The summed E-state index contributed by atoms with van der Waals surface area (Å²) in [7, 11) is 0. The Morgan fingerprint density at radius 1 is 1.27 bits per heavy atom. The van der Waals surface area contributed by atoms with Crippen molar-refractivity contribution in [3.8, 4) is 5.75 Å². The lowest BCUT2D eigenvalue weighted by atomic mass is 10.0. The predicted molar refractivity (Wildman–Crippen MR) is 130 cm³/mol. The molecule has 0 bridgehead atoms. The minimum atomic E-state index is -0.00739. The lowest BCUT2D eigenvalue weighted by Gasteiger charge is -2.20. The maximum atomic E-state index is 13.2. The number of hydrogen-bond acceptors (Lipinski definition) is 5. The molecule has 0 unspecified atom stereocenters. The molecule has 0 saturated carbocycles. The van der Waals surface area contributed by atoms with Gasteiger partial charge in [0.25, 0.3) is 5.56 Å². The van der Waals surface area contributed by atoms with Crippen LogP contribution >= 0.6 is 23.7 Å². The summed E-state index contributed by atoms with van der Waals surface area (Å²) in [5.41, 5.74) is 10.6. The van der Waals surface area contributed by atoms with Gasteiger partial charge in [-0.1, -0.05) is 39.3 Å². The van der Waals surface area contributed by atoms with Crippen molar-refractivity contribution >= 4 is 46.7 Å². The van der Waals surface area contributed by atoms with Gasteiger partial charge in [0.1, 0.15) is 5.75 Å². The van der Waals surface area contributed by atoms with Crippen LogP contribution in [0.4, 0.5) is 0 Å². The Kier molecular flexibility index (Phi) is 9.08. The monoisotopic (exact) mass is 447 g/mol. The van der Waals surface area contributed by atoms with E-state index in [1.165, 1.54) is 0 Å². The molecule has 7 heteroatoms. The number of thiazole rings is 1. The second-order valence-electron chi connectivity index (χ2n) is 7.54. The zero-order chi connectivity index (χ0) is 20.8. The van der Waals surface area contributed by atoms with Gasteiger partial charge in [0.2, 0.25) is 0 Å². The van der Waals surface area contributed by atoms with Crippen LogP contribution in [0.5, 0.6) is 5.75 Å². The molecule has 162 valence electrons. The van der Waals surface area contributed by atoms with Crippen LogP contribution in [-0.2, 0) is 13.1 Å². The van der Waals surface area contributed by atoms with Gasteiger partial charge in [0.05, 0.1) is 28.9 Å². The summed E-state index contributed by atoms with van der Waals surface area (Å²) in [4.78, 5) is 17.5. The number of benzene rings is 1. The summed E-state index contributed by atoms with van der Waals surface area (Å²) in [6.45, 7) is 7.82. The molecule has 0 saturated heterocycles. The van der Waals surface area contributed by atoms with Crippen LogP contribution in [-0.4, -0.2) is 16.2 Å². The first-order valence-corrected chi connectivity index (χ1v) is 11.1. The molecule has 0 atom stereocenters. The second kappa shape index (κ2) is 11.3. The number of nitrogens with two attached hydrogens (primary N) is 1. The highest BCUT2D eigenvalue weighted by Crippen LogP contribution is 2.30. The third-order valence-electron chi connectivity index (χ3n) is 4.74. The fourth-order valence-corrected chi connectivity index (χ4v) is 3.83. The number of unbranched alkanes of at least 4 members (excludes halogenated alkanes) is 1. The summed E-state index contributed by atoms with van der Waals surface area (Å²) in [5, 5.41) is 3.49. The van der Waals surface area contributed by atoms with Gasteiger partial charge >= 0.3 is 0 Å². The van der Waals surface area contributed by atoms with Crippen molar-refractivity contribution in [2.45, 2.75) is 46.7 Å². The highest BCUT2D eigenvalue weighted by atomic mass is 35.5. The summed E-state index contributed by atoms with van der Waals surface area (Å²) < 4.78 is 7.98. The number of pyridine rings is 1. The Morgan fingerprint density at radius 3 is 2.70 bits per heavy atom. The van der Waals surface area contributed by atoms with Crippen LogP contribution in [0, 0.1) is 5.92 Å². The van der Waals surface area contributed by atoms with E-state index in [2.05, 4.69) is 25.8 Å². The molecule has 0 aliphatic heterocycles. The van der Waals surface area contributed by atoms with Gasteiger partial charge in [-0.05, 0) is 36.1 Å². The first kappa shape index (κ1) is 24.1. The number of halogens is 1. The van der Waals surface area contributed by atoms with Crippen molar-refractivity contribution in [3.05, 3.63) is 56.4 Å². The van der Waals surface area contributed by atoms with Gasteiger partial charge < -0.3 is 15.0 Å². The van der Waals surface area contributed by atoms with Gasteiger partial charge in [0.15, 0.2) is 0 Å². The Balaban J connectivity index is 0.00000320. The first-order valence-electron chi connectivity index (χ1n) is 10.1. The molecule has 3 aromatic rings. The zero-order valence-electron chi connectivity index (χ0n) is 17.8. The number of ether oxygens (including phenoxy) is 1. The highest BCUT2D eigenvalue weighted by Gasteiger charge is 2.18. The van der Waals surface area contributed by atoms with Crippen LogP contribution in [0.15, 0.2) is 33.9 Å². The molecule has 2 heterocycles. The SMILES string of the molecule is CCCCOc1c(CN)n(CC(C)C)c(=O)c2ccc(C=Cc3cscn3)cc12.Cl. The fraction of sp³-hybridized carbons (Fsp3) is 0.391.